The Kier molecular flexibility index (Phi) is 5.45. The average molecular weight is 254 g/mol. The Balaban J connectivity index is 2.53. The molecule has 0 spiro atoms. The zero-order valence-electron chi connectivity index (χ0n) is 12.7. The minimum Gasteiger partial charge on any atom is -0.370 e. The van der Waals surface area contributed by atoms with Gasteiger partial charge in [0, 0.05) is 11.6 Å². The van der Waals surface area contributed by atoms with Crippen LogP contribution < -0.4 is 11.1 Å². The first-order chi connectivity index (χ1) is 8.29. The molecule has 0 aliphatic carbocycles. The van der Waals surface area contributed by atoms with Gasteiger partial charge in [0.25, 0.3) is 0 Å². The molecule has 1 aliphatic rings. The molecule has 18 heavy (non-hydrogen) atoms. The summed E-state index contributed by atoms with van der Waals surface area (Å²) >= 11 is 0. The largest absolute Gasteiger partial charge is 0.370 e. The fourth-order valence-electron chi connectivity index (χ4n) is 2.44. The third-order valence-corrected chi connectivity index (χ3v) is 3.33. The van der Waals surface area contributed by atoms with Crippen LogP contribution in [-0.4, -0.2) is 42.1 Å². The molecule has 0 aromatic carbocycles. The maximum atomic E-state index is 5.93. The molecule has 4 nitrogen and oxygen atoms in total. The highest BCUT2D eigenvalue weighted by Gasteiger charge is 2.24. The van der Waals surface area contributed by atoms with Crippen molar-refractivity contribution in [3.63, 3.8) is 0 Å². The summed E-state index contributed by atoms with van der Waals surface area (Å²) in [6, 6.07) is 0.521. The highest BCUT2D eigenvalue weighted by molar-refractivity contribution is 5.78. The SMILES string of the molecule is CC(C)C(CN=C(N)NC(C)(C)C)N1CCCC1. The molecule has 1 aliphatic heterocycles. The van der Waals surface area contributed by atoms with Crippen LogP contribution >= 0.6 is 0 Å². The molecule has 106 valence electrons. The maximum absolute atomic E-state index is 5.93. The highest BCUT2D eigenvalue weighted by atomic mass is 15.2. The summed E-state index contributed by atoms with van der Waals surface area (Å²) in [4.78, 5) is 7.07. The molecule has 1 fully saturated rings. The molecule has 4 heteroatoms. The Morgan fingerprint density at radius 3 is 2.28 bits per heavy atom. The fourth-order valence-corrected chi connectivity index (χ4v) is 2.44. The number of hydrogen-bond donors (Lipinski definition) is 2. The van der Waals surface area contributed by atoms with Gasteiger partial charge in [-0.05, 0) is 52.6 Å². The summed E-state index contributed by atoms with van der Waals surface area (Å²) in [7, 11) is 0. The number of nitrogens with zero attached hydrogens (tertiary/aromatic N) is 2. The molecular weight excluding hydrogens is 224 g/mol. The van der Waals surface area contributed by atoms with Crippen molar-refractivity contribution in [3.05, 3.63) is 0 Å². The maximum Gasteiger partial charge on any atom is 0.189 e. The van der Waals surface area contributed by atoms with E-state index in [2.05, 4.69) is 49.8 Å². The molecular formula is C14H30N4. The molecule has 0 saturated carbocycles. The summed E-state index contributed by atoms with van der Waals surface area (Å²) in [5.74, 6) is 1.18. The average Bonchev–Trinajstić information content (AvgIpc) is 2.67. The van der Waals surface area contributed by atoms with Gasteiger partial charge in [0.05, 0.1) is 6.54 Å². The normalized spacial score (nSPS) is 20.4. The van der Waals surface area contributed by atoms with Crippen molar-refractivity contribution in [3.8, 4) is 0 Å². The van der Waals surface area contributed by atoms with Crippen LogP contribution in [0.3, 0.4) is 0 Å². The smallest absolute Gasteiger partial charge is 0.189 e. The van der Waals surface area contributed by atoms with E-state index in [9.17, 15) is 0 Å². The number of aliphatic imine (C=N–C) groups is 1. The lowest BCUT2D eigenvalue weighted by Gasteiger charge is -2.30. The van der Waals surface area contributed by atoms with Crippen LogP contribution in [-0.2, 0) is 0 Å². The Morgan fingerprint density at radius 2 is 1.83 bits per heavy atom. The number of rotatable bonds is 4. The lowest BCUT2D eigenvalue weighted by molar-refractivity contribution is 0.197. The van der Waals surface area contributed by atoms with Crippen molar-refractivity contribution < 1.29 is 0 Å². The van der Waals surface area contributed by atoms with Gasteiger partial charge in [0.1, 0.15) is 0 Å². The lowest BCUT2D eigenvalue weighted by atomic mass is 10.0. The van der Waals surface area contributed by atoms with Gasteiger partial charge >= 0.3 is 0 Å². The Labute approximate surface area is 112 Å². The van der Waals surface area contributed by atoms with Crippen molar-refractivity contribution in [1.82, 2.24) is 10.2 Å². The number of nitrogens with one attached hydrogen (secondary N) is 1. The summed E-state index contributed by atoms with van der Waals surface area (Å²) in [5, 5.41) is 3.21. The van der Waals surface area contributed by atoms with Crippen molar-refractivity contribution in [2.24, 2.45) is 16.6 Å². The monoisotopic (exact) mass is 254 g/mol. The van der Waals surface area contributed by atoms with Crippen LogP contribution in [0.2, 0.25) is 0 Å². The topological polar surface area (TPSA) is 53.6 Å². The van der Waals surface area contributed by atoms with Gasteiger partial charge < -0.3 is 11.1 Å². The quantitative estimate of drug-likeness (QED) is 0.594. The molecule has 1 saturated heterocycles. The predicted molar refractivity (Wildman–Crippen MR) is 78.8 cm³/mol. The van der Waals surface area contributed by atoms with Crippen molar-refractivity contribution in [1.29, 1.82) is 0 Å². The van der Waals surface area contributed by atoms with E-state index in [1.54, 1.807) is 0 Å². The first-order valence-corrected chi connectivity index (χ1v) is 7.12. The summed E-state index contributed by atoms with van der Waals surface area (Å²) in [6.07, 6.45) is 2.64. The van der Waals surface area contributed by atoms with E-state index in [1.807, 2.05) is 0 Å². The molecule has 1 atom stereocenters. The van der Waals surface area contributed by atoms with Crippen molar-refractivity contribution in [2.75, 3.05) is 19.6 Å². The highest BCUT2D eigenvalue weighted by Crippen LogP contribution is 2.17. The molecule has 0 radical (unpaired) electrons. The van der Waals surface area contributed by atoms with E-state index < -0.39 is 0 Å². The Bertz CT molecular complexity index is 272. The van der Waals surface area contributed by atoms with Gasteiger partial charge in [-0.3, -0.25) is 9.89 Å². The summed E-state index contributed by atoms with van der Waals surface area (Å²) in [6.45, 7) is 14.0. The van der Waals surface area contributed by atoms with Gasteiger partial charge in [-0.1, -0.05) is 13.8 Å². The summed E-state index contributed by atoms with van der Waals surface area (Å²) < 4.78 is 0. The Hall–Kier alpha value is -0.770. The van der Waals surface area contributed by atoms with E-state index in [4.69, 9.17) is 5.73 Å². The number of likely N-dealkylation sites (tertiary alicyclic amines) is 1. The lowest BCUT2D eigenvalue weighted by Crippen LogP contribution is -2.46. The van der Waals surface area contributed by atoms with E-state index in [0.29, 0.717) is 17.9 Å². The second kappa shape index (κ2) is 6.41. The minimum absolute atomic E-state index is 0.0193. The van der Waals surface area contributed by atoms with E-state index in [-0.39, 0.29) is 5.54 Å². The van der Waals surface area contributed by atoms with Crippen LogP contribution in [0.5, 0.6) is 0 Å². The second-order valence-corrected chi connectivity index (χ2v) is 6.66. The van der Waals surface area contributed by atoms with Crippen LogP contribution in [0, 0.1) is 5.92 Å². The van der Waals surface area contributed by atoms with Crippen molar-refractivity contribution in [2.45, 2.75) is 59.0 Å². The third kappa shape index (κ3) is 5.25. The number of guanidine groups is 1. The third-order valence-electron chi connectivity index (χ3n) is 3.33. The predicted octanol–water partition coefficient (Wildman–Crippen LogP) is 1.81. The zero-order chi connectivity index (χ0) is 13.8. The van der Waals surface area contributed by atoms with E-state index >= 15 is 0 Å². The van der Waals surface area contributed by atoms with Gasteiger partial charge in [0.2, 0.25) is 0 Å². The van der Waals surface area contributed by atoms with Gasteiger partial charge in [-0.2, -0.15) is 0 Å². The zero-order valence-corrected chi connectivity index (χ0v) is 12.7. The fraction of sp³-hybridized carbons (Fsp3) is 0.929. The molecule has 1 rings (SSSR count). The molecule has 1 unspecified atom stereocenters. The molecule has 0 aromatic rings. The summed E-state index contributed by atoms with van der Waals surface area (Å²) in [5.41, 5.74) is 5.91. The number of nitrogens with two attached hydrogens (primary N) is 1. The van der Waals surface area contributed by atoms with Gasteiger partial charge in [-0.25, -0.2) is 0 Å². The molecule has 3 N–H and O–H groups in total. The molecule has 0 bridgehead atoms. The standard InChI is InChI=1S/C14H30N4/c1-11(2)12(18-8-6-7-9-18)10-16-13(15)17-14(3,4)5/h11-12H,6-10H2,1-5H3,(H3,15,16,17). The van der Waals surface area contributed by atoms with E-state index in [1.165, 1.54) is 25.9 Å². The minimum atomic E-state index is -0.0193. The van der Waals surface area contributed by atoms with Crippen LogP contribution in [0.4, 0.5) is 0 Å². The first-order valence-electron chi connectivity index (χ1n) is 7.12. The molecule has 1 heterocycles. The van der Waals surface area contributed by atoms with E-state index in [0.717, 1.165) is 6.54 Å². The van der Waals surface area contributed by atoms with Crippen LogP contribution in [0.1, 0.15) is 47.5 Å². The Morgan fingerprint density at radius 1 is 1.28 bits per heavy atom. The second-order valence-electron chi connectivity index (χ2n) is 6.66. The van der Waals surface area contributed by atoms with Gasteiger partial charge in [-0.15, -0.1) is 0 Å². The first kappa shape index (κ1) is 15.3. The van der Waals surface area contributed by atoms with Crippen molar-refractivity contribution >= 4 is 5.96 Å². The van der Waals surface area contributed by atoms with Crippen LogP contribution in [0.25, 0.3) is 0 Å². The molecule has 0 amide bonds. The van der Waals surface area contributed by atoms with Crippen LogP contribution in [0.15, 0.2) is 4.99 Å². The number of hydrogen-bond acceptors (Lipinski definition) is 2. The molecule has 0 aromatic heterocycles. The van der Waals surface area contributed by atoms with Gasteiger partial charge in [0.15, 0.2) is 5.96 Å².